The molecular weight excluding hydrogens is 190 g/mol. The maximum absolute atomic E-state index is 11.4. The number of likely N-dealkylation sites (N-methyl/N-ethyl adjacent to an activating group) is 1. The third-order valence-corrected chi connectivity index (χ3v) is 3.44. The second-order valence-corrected chi connectivity index (χ2v) is 4.55. The van der Waals surface area contributed by atoms with E-state index in [9.17, 15) is 8.42 Å². The van der Waals surface area contributed by atoms with E-state index in [1.165, 1.54) is 4.31 Å². The summed E-state index contributed by atoms with van der Waals surface area (Å²) in [5, 5.41) is 0.961. The molecule has 0 saturated carbocycles. The number of ether oxygens (including phenoxy) is 1. The number of nitrogens with zero attached hydrogens (tertiary/aromatic N) is 1. The number of rotatable bonds is 6. The number of hydrogen-bond donors (Lipinski definition) is 0. The zero-order chi connectivity index (χ0) is 10.5. The summed E-state index contributed by atoms with van der Waals surface area (Å²) < 4.78 is 29.0. The average molecular weight is 207 g/mol. The molecule has 0 aliphatic carbocycles. The van der Waals surface area contributed by atoms with E-state index < -0.39 is 10.0 Å². The van der Waals surface area contributed by atoms with Gasteiger partial charge in [-0.05, 0) is 6.92 Å². The highest BCUT2D eigenvalue weighted by Gasteiger charge is 2.22. The van der Waals surface area contributed by atoms with Gasteiger partial charge in [-0.2, -0.15) is 4.31 Å². The Morgan fingerprint density at radius 1 is 1.62 bits per heavy atom. The Hall–Kier alpha value is -0.390. The number of methoxy groups -OCH3 is 1. The summed E-state index contributed by atoms with van der Waals surface area (Å²) in [5.74, 6) is 0. The van der Waals surface area contributed by atoms with Crippen molar-refractivity contribution in [1.82, 2.24) is 4.31 Å². The first-order valence-electron chi connectivity index (χ1n) is 4.12. The van der Waals surface area contributed by atoms with Gasteiger partial charge in [0.25, 0.3) is 0 Å². The fourth-order valence-electron chi connectivity index (χ4n) is 1.16. The van der Waals surface area contributed by atoms with Gasteiger partial charge in [0.15, 0.2) is 0 Å². The molecule has 0 fully saturated rings. The van der Waals surface area contributed by atoms with Gasteiger partial charge in [0.05, 0.1) is 6.61 Å². The smallest absolute Gasteiger partial charge is 0.235 e. The van der Waals surface area contributed by atoms with Gasteiger partial charge in [0.1, 0.15) is 0 Å². The molecule has 1 unspecified atom stereocenters. The van der Waals surface area contributed by atoms with Crippen LogP contribution in [0.4, 0.5) is 0 Å². The quantitative estimate of drug-likeness (QED) is 0.647. The highest BCUT2D eigenvalue weighted by Crippen LogP contribution is 2.07. The number of sulfonamides is 1. The molecule has 0 aliphatic heterocycles. The maximum atomic E-state index is 11.4. The molecule has 0 N–H and O–H groups in total. The van der Waals surface area contributed by atoms with Crippen molar-refractivity contribution in [3.05, 3.63) is 12.0 Å². The van der Waals surface area contributed by atoms with Crippen LogP contribution in [0.15, 0.2) is 12.0 Å². The van der Waals surface area contributed by atoms with Crippen molar-refractivity contribution in [2.24, 2.45) is 0 Å². The first-order valence-corrected chi connectivity index (χ1v) is 5.63. The van der Waals surface area contributed by atoms with Crippen molar-refractivity contribution >= 4 is 10.0 Å². The van der Waals surface area contributed by atoms with Crippen LogP contribution >= 0.6 is 0 Å². The minimum Gasteiger partial charge on any atom is -0.383 e. The van der Waals surface area contributed by atoms with E-state index in [4.69, 9.17) is 4.74 Å². The first kappa shape index (κ1) is 12.6. The fraction of sp³-hybridized carbons (Fsp3) is 0.750. The third kappa shape index (κ3) is 3.46. The van der Waals surface area contributed by atoms with Crippen LogP contribution < -0.4 is 0 Å². The largest absolute Gasteiger partial charge is 0.383 e. The Morgan fingerprint density at radius 3 is 2.46 bits per heavy atom. The third-order valence-electron chi connectivity index (χ3n) is 1.75. The van der Waals surface area contributed by atoms with Crippen molar-refractivity contribution in [1.29, 1.82) is 0 Å². The molecule has 0 aromatic rings. The van der Waals surface area contributed by atoms with Crippen molar-refractivity contribution in [2.75, 3.05) is 20.3 Å². The highest BCUT2D eigenvalue weighted by molar-refractivity contribution is 7.92. The lowest BCUT2D eigenvalue weighted by molar-refractivity contribution is 0.143. The molecule has 0 bridgehead atoms. The van der Waals surface area contributed by atoms with Gasteiger partial charge in [-0.3, -0.25) is 0 Å². The summed E-state index contributed by atoms with van der Waals surface area (Å²) in [7, 11) is -1.77. The fourth-order valence-corrected chi connectivity index (χ4v) is 2.28. The molecular formula is C8H17NO3S. The minimum atomic E-state index is -3.31. The predicted octanol–water partition coefficient (Wildman–Crippen LogP) is 0.817. The molecule has 0 amide bonds. The van der Waals surface area contributed by atoms with Crippen molar-refractivity contribution in [3.63, 3.8) is 0 Å². The summed E-state index contributed by atoms with van der Waals surface area (Å²) in [6.45, 7) is 7.68. The first-order chi connectivity index (χ1) is 5.99. The lowest BCUT2D eigenvalue weighted by atomic mass is 10.4. The molecule has 0 aromatic heterocycles. The monoisotopic (exact) mass is 207 g/mol. The van der Waals surface area contributed by atoms with Gasteiger partial charge in [-0.1, -0.05) is 13.5 Å². The zero-order valence-electron chi connectivity index (χ0n) is 8.36. The minimum absolute atomic E-state index is 0.155. The summed E-state index contributed by atoms with van der Waals surface area (Å²) in [5.41, 5.74) is 0. The van der Waals surface area contributed by atoms with E-state index in [1.807, 2.05) is 0 Å². The van der Waals surface area contributed by atoms with Gasteiger partial charge in [0.2, 0.25) is 10.0 Å². The zero-order valence-corrected chi connectivity index (χ0v) is 9.17. The summed E-state index contributed by atoms with van der Waals surface area (Å²) >= 11 is 0. The second kappa shape index (κ2) is 5.36. The van der Waals surface area contributed by atoms with E-state index in [-0.39, 0.29) is 6.04 Å². The Kier molecular flexibility index (Phi) is 5.20. The summed E-state index contributed by atoms with van der Waals surface area (Å²) in [6, 6.07) is -0.155. The summed E-state index contributed by atoms with van der Waals surface area (Å²) in [6.07, 6.45) is 0. The second-order valence-electron chi connectivity index (χ2n) is 2.72. The topological polar surface area (TPSA) is 46.6 Å². The molecule has 0 aromatic carbocycles. The molecule has 13 heavy (non-hydrogen) atoms. The lowest BCUT2D eigenvalue weighted by Crippen LogP contribution is -2.39. The van der Waals surface area contributed by atoms with E-state index in [2.05, 4.69) is 6.58 Å². The molecule has 0 rings (SSSR count). The molecule has 1 atom stereocenters. The Labute approximate surface area is 80.2 Å². The van der Waals surface area contributed by atoms with Crippen LogP contribution in [-0.4, -0.2) is 39.0 Å². The standard InChI is InChI=1S/C8H17NO3S/c1-5-9(8(3)7-12-4)13(10,11)6-2/h6,8H,2,5,7H2,1,3-4H3. The van der Waals surface area contributed by atoms with E-state index in [1.54, 1.807) is 21.0 Å². The Bertz CT molecular complexity index is 248. The van der Waals surface area contributed by atoms with E-state index in [0.717, 1.165) is 5.41 Å². The average Bonchev–Trinajstić information content (AvgIpc) is 2.05. The van der Waals surface area contributed by atoms with Gasteiger partial charge in [0, 0.05) is 25.1 Å². The highest BCUT2D eigenvalue weighted by atomic mass is 32.2. The molecule has 0 radical (unpaired) electrons. The van der Waals surface area contributed by atoms with E-state index in [0.29, 0.717) is 13.2 Å². The van der Waals surface area contributed by atoms with Crippen LogP contribution in [0.25, 0.3) is 0 Å². The van der Waals surface area contributed by atoms with Gasteiger partial charge in [-0.25, -0.2) is 8.42 Å². The molecule has 0 spiro atoms. The summed E-state index contributed by atoms with van der Waals surface area (Å²) in [4.78, 5) is 0. The van der Waals surface area contributed by atoms with Crippen LogP contribution in [0.1, 0.15) is 13.8 Å². The molecule has 4 nitrogen and oxygen atoms in total. The molecule has 5 heteroatoms. The van der Waals surface area contributed by atoms with E-state index >= 15 is 0 Å². The molecule has 78 valence electrons. The van der Waals surface area contributed by atoms with Crippen LogP contribution in [0.3, 0.4) is 0 Å². The lowest BCUT2D eigenvalue weighted by Gasteiger charge is -2.24. The Balaban J connectivity index is 4.60. The van der Waals surface area contributed by atoms with Crippen LogP contribution in [0, 0.1) is 0 Å². The van der Waals surface area contributed by atoms with Crippen LogP contribution in [0.2, 0.25) is 0 Å². The molecule has 0 heterocycles. The van der Waals surface area contributed by atoms with Crippen LogP contribution in [-0.2, 0) is 14.8 Å². The van der Waals surface area contributed by atoms with Crippen LogP contribution in [0.5, 0.6) is 0 Å². The van der Waals surface area contributed by atoms with Crippen molar-refractivity contribution in [3.8, 4) is 0 Å². The van der Waals surface area contributed by atoms with Crippen molar-refractivity contribution < 1.29 is 13.2 Å². The molecule has 0 saturated heterocycles. The predicted molar refractivity (Wildman–Crippen MR) is 52.8 cm³/mol. The maximum Gasteiger partial charge on any atom is 0.235 e. The van der Waals surface area contributed by atoms with Crippen molar-refractivity contribution in [2.45, 2.75) is 19.9 Å². The van der Waals surface area contributed by atoms with Gasteiger partial charge >= 0.3 is 0 Å². The number of hydrogen-bond acceptors (Lipinski definition) is 3. The SMILES string of the molecule is C=CS(=O)(=O)N(CC)C(C)COC. The van der Waals surface area contributed by atoms with Gasteiger partial charge < -0.3 is 4.74 Å². The Morgan fingerprint density at radius 2 is 2.15 bits per heavy atom. The normalized spacial score (nSPS) is 14.5. The molecule has 0 aliphatic rings. The van der Waals surface area contributed by atoms with Gasteiger partial charge in [-0.15, -0.1) is 0 Å².